The van der Waals surface area contributed by atoms with E-state index in [0.29, 0.717) is 46.1 Å². The van der Waals surface area contributed by atoms with Gasteiger partial charge in [0.1, 0.15) is 5.75 Å². The predicted molar refractivity (Wildman–Crippen MR) is 116 cm³/mol. The van der Waals surface area contributed by atoms with Gasteiger partial charge in [0.05, 0.1) is 16.8 Å². The molecular weight excluding hydrogens is 396 g/mol. The lowest BCUT2D eigenvalue weighted by molar-refractivity contribution is -0.121. The molecule has 31 heavy (non-hydrogen) atoms. The highest BCUT2D eigenvalue weighted by atomic mass is 16.5. The Labute approximate surface area is 178 Å². The Morgan fingerprint density at radius 2 is 1.94 bits per heavy atom. The number of carbonyl (C=O) groups excluding carboxylic acids is 3. The van der Waals surface area contributed by atoms with Crippen LogP contribution in [0, 0.1) is 0 Å². The van der Waals surface area contributed by atoms with Gasteiger partial charge >= 0.3 is 5.97 Å². The number of phenolic OH excluding ortho intramolecular Hbond substituents is 1. The number of hydrogen-bond acceptors (Lipinski definition) is 6. The minimum atomic E-state index is -0.729. The second kappa shape index (κ2) is 8.02. The van der Waals surface area contributed by atoms with Crippen LogP contribution in [0.25, 0.3) is 22.6 Å². The van der Waals surface area contributed by atoms with Gasteiger partial charge in [0, 0.05) is 10.9 Å². The SMILES string of the molecule is CC(=O)c1cc(O)ccc1/C=C1\CCc2c1nc1ccccc1c2C(=O)OCC(N)=O. The fourth-order valence-corrected chi connectivity index (χ4v) is 3.88. The maximum Gasteiger partial charge on any atom is 0.339 e. The Morgan fingerprint density at radius 3 is 2.68 bits per heavy atom. The number of pyridine rings is 1. The summed E-state index contributed by atoms with van der Waals surface area (Å²) in [7, 11) is 0. The molecule has 1 amide bonds. The summed E-state index contributed by atoms with van der Waals surface area (Å²) < 4.78 is 5.11. The molecule has 1 aliphatic rings. The van der Waals surface area contributed by atoms with Gasteiger partial charge in [-0.15, -0.1) is 0 Å². The van der Waals surface area contributed by atoms with Gasteiger partial charge in [-0.25, -0.2) is 9.78 Å². The lowest BCUT2D eigenvalue weighted by Crippen LogP contribution is -2.21. The number of allylic oxidation sites excluding steroid dienone is 1. The van der Waals surface area contributed by atoms with E-state index in [2.05, 4.69) is 0 Å². The monoisotopic (exact) mass is 416 g/mol. The molecule has 2 aromatic carbocycles. The van der Waals surface area contributed by atoms with Gasteiger partial charge < -0.3 is 15.6 Å². The molecule has 7 nitrogen and oxygen atoms in total. The van der Waals surface area contributed by atoms with Crippen LogP contribution in [0.3, 0.4) is 0 Å². The van der Waals surface area contributed by atoms with Crippen LogP contribution in [0.5, 0.6) is 5.75 Å². The molecule has 0 unspecified atom stereocenters. The van der Waals surface area contributed by atoms with E-state index in [4.69, 9.17) is 15.5 Å². The van der Waals surface area contributed by atoms with Gasteiger partial charge in [-0.1, -0.05) is 24.3 Å². The van der Waals surface area contributed by atoms with E-state index in [1.54, 1.807) is 18.2 Å². The average Bonchev–Trinajstić information content (AvgIpc) is 3.13. The van der Waals surface area contributed by atoms with E-state index in [1.165, 1.54) is 19.1 Å². The number of rotatable bonds is 5. The van der Waals surface area contributed by atoms with Gasteiger partial charge in [0.15, 0.2) is 12.4 Å². The molecule has 0 fully saturated rings. The lowest BCUT2D eigenvalue weighted by atomic mass is 9.99. The first-order chi connectivity index (χ1) is 14.8. The van der Waals surface area contributed by atoms with Crippen molar-refractivity contribution >= 4 is 40.2 Å². The van der Waals surface area contributed by atoms with Gasteiger partial charge in [-0.3, -0.25) is 9.59 Å². The number of ketones is 1. The van der Waals surface area contributed by atoms with Crippen molar-refractivity contribution in [2.75, 3.05) is 6.61 Å². The number of aromatic nitrogens is 1. The van der Waals surface area contributed by atoms with Crippen molar-refractivity contribution in [2.24, 2.45) is 5.73 Å². The summed E-state index contributed by atoms with van der Waals surface area (Å²) in [4.78, 5) is 40.7. The van der Waals surface area contributed by atoms with Crippen LogP contribution in [-0.4, -0.2) is 34.4 Å². The number of carbonyl (C=O) groups is 3. The number of nitrogens with two attached hydrogens (primary N) is 1. The minimum Gasteiger partial charge on any atom is -0.508 e. The van der Waals surface area contributed by atoms with E-state index in [-0.39, 0.29) is 11.5 Å². The topological polar surface area (TPSA) is 120 Å². The number of para-hydroxylation sites is 1. The third kappa shape index (κ3) is 3.90. The van der Waals surface area contributed by atoms with Crippen molar-refractivity contribution in [3.63, 3.8) is 0 Å². The summed E-state index contributed by atoms with van der Waals surface area (Å²) in [6.07, 6.45) is 3.04. The molecule has 3 N–H and O–H groups in total. The first-order valence-electron chi connectivity index (χ1n) is 9.77. The van der Waals surface area contributed by atoms with Crippen LogP contribution >= 0.6 is 0 Å². The molecule has 0 saturated carbocycles. The molecule has 0 bridgehead atoms. The number of hydrogen-bond donors (Lipinski definition) is 2. The average molecular weight is 416 g/mol. The largest absolute Gasteiger partial charge is 0.508 e. The molecule has 0 saturated heterocycles. The van der Waals surface area contributed by atoms with Crippen molar-refractivity contribution in [3.05, 3.63) is 70.4 Å². The zero-order chi connectivity index (χ0) is 22.1. The van der Waals surface area contributed by atoms with E-state index in [0.717, 1.165) is 11.1 Å². The zero-order valence-electron chi connectivity index (χ0n) is 16.8. The van der Waals surface area contributed by atoms with Crippen LogP contribution in [0.4, 0.5) is 0 Å². The maximum atomic E-state index is 12.8. The van der Waals surface area contributed by atoms with Crippen LogP contribution < -0.4 is 5.73 Å². The minimum absolute atomic E-state index is 0.0165. The number of ether oxygens (including phenoxy) is 1. The smallest absolute Gasteiger partial charge is 0.339 e. The normalized spacial score (nSPS) is 13.9. The standard InChI is InChI=1S/C24H20N2O5/c1-13(27)19-11-16(28)8-6-14(19)10-15-7-9-18-22(24(30)31-12-21(25)29)17-4-2-3-5-20(17)26-23(15)18/h2-6,8,10-11,28H,7,9,12H2,1H3,(H2,25,29)/b15-10+. The summed E-state index contributed by atoms with van der Waals surface area (Å²) >= 11 is 0. The molecule has 0 radical (unpaired) electrons. The Bertz CT molecular complexity index is 1280. The number of amides is 1. The number of benzene rings is 2. The van der Waals surface area contributed by atoms with Gasteiger partial charge in [0.25, 0.3) is 5.91 Å². The summed E-state index contributed by atoms with van der Waals surface area (Å²) in [5.41, 5.74) is 9.46. The number of esters is 1. The number of fused-ring (bicyclic) bond motifs is 2. The Hall–Kier alpha value is -4.00. The summed E-state index contributed by atoms with van der Waals surface area (Å²) in [6, 6.07) is 11.9. The number of Topliss-reactive ketones (excluding diaryl/α,β-unsaturated/α-hetero) is 1. The van der Waals surface area contributed by atoms with E-state index in [9.17, 15) is 19.5 Å². The van der Waals surface area contributed by atoms with Crippen LogP contribution in [0.1, 0.15) is 50.9 Å². The highest BCUT2D eigenvalue weighted by Gasteiger charge is 2.28. The zero-order valence-corrected chi connectivity index (χ0v) is 16.8. The first-order valence-corrected chi connectivity index (χ1v) is 9.77. The molecule has 3 aromatic rings. The van der Waals surface area contributed by atoms with E-state index < -0.39 is 18.5 Å². The number of phenols is 1. The highest BCUT2D eigenvalue weighted by Crippen LogP contribution is 2.38. The fraction of sp³-hybridized carbons (Fsp3) is 0.167. The number of aromatic hydroxyl groups is 1. The van der Waals surface area contributed by atoms with Crippen LogP contribution in [0.15, 0.2) is 42.5 Å². The first kappa shape index (κ1) is 20.3. The van der Waals surface area contributed by atoms with E-state index in [1.807, 2.05) is 18.2 Å². The number of primary amides is 1. The maximum absolute atomic E-state index is 12.8. The van der Waals surface area contributed by atoms with Crippen molar-refractivity contribution in [3.8, 4) is 5.75 Å². The second-order valence-corrected chi connectivity index (χ2v) is 7.37. The Morgan fingerprint density at radius 1 is 1.16 bits per heavy atom. The van der Waals surface area contributed by atoms with Crippen molar-refractivity contribution in [1.82, 2.24) is 4.98 Å². The van der Waals surface area contributed by atoms with Crippen LogP contribution in [0.2, 0.25) is 0 Å². The quantitative estimate of drug-likeness (QED) is 0.487. The molecule has 1 aliphatic carbocycles. The van der Waals surface area contributed by atoms with Gasteiger partial charge in [-0.2, -0.15) is 0 Å². The highest BCUT2D eigenvalue weighted by molar-refractivity contribution is 6.08. The molecule has 7 heteroatoms. The summed E-state index contributed by atoms with van der Waals surface area (Å²) in [6.45, 7) is 0.945. The summed E-state index contributed by atoms with van der Waals surface area (Å²) in [5, 5.41) is 10.4. The second-order valence-electron chi connectivity index (χ2n) is 7.37. The summed E-state index contributed by atoms with van der Waals surface area (Å²) in [5.74, 6) is -1.50. The fourth-order valence-electron chi connectivity index (χ4n) is 3.88. The third-order valence-electron chi connectivity index (χ3n) is 5.24. The van der Waals surface area contributed by atoms with Crippen molar-refractivity contribution in [1.29, 1.82) is 0 Å². The lowest BCUT2D eigenvalue weighted by Gasteiger charge is -2.12. The van der Waals surface area contributed by atoms with E-state index >= 15 is 0 Å². The molecule has 1 aromatic heterocycles. The molecule has 0 spiro atoms. The number of nitrogens with zero attached hydrogens (tertiary/aromatic N) is 1. The molecule has 4 rings (SSSR count). The molecule has 156 valence electrons. The van der Waals surface area contributed by atoms with Gasteiger partial charge in [-0.05, 0) is 60.7 Å². The van der Waals surface area contributed by atoms with Gasteiger partial charge in [0.2, 0.25) is 0 Å². The van der Waals surface area contributed by atoms with Crippen molar-refractivity contribution < 1.29 is 24.2 Å². The van der Waals surface area contributed by atoms with Crippen LogP contribution in [-0.2, 0) is 16.0 Å². The molecular formula is C24H20N2O5. The Kier molecular flexibility index (Phi) is 5.25. The van der Waals surface area contributed by atoms with Crippen molar-refractivity contribution in [2.45, 2.75) is 19.8 Å². The molecule has 0 atom stereocenters. The molecule has 1 heterocycles. The molecule has 0 aliphatic heterocycles. The predicted octanol–water partition coefficient (Wildman–Crippen LogP) is 3.27. The third-order valence-corrected chi connectivity index (χ3v) is 5.24. The Balaban J connectivity index is 1.87.